The van der Waals surface area contributed by atoms with Gasteiger partial charge < -0.3 is 5.32 Å². The van der Waals surface area contributed by atoms with E-state index in [-0.39, 0.29) is 5.91 Å². The summed E-state index contributed by atoms with van der Waals surface area (Å²) >= 11 is 13.4. The highest BCUT2D eigenvalue weighted by molar-refractivity contribution is 7.19. The van der Waals surface area contributed by atoms with Gasteiger partial charge in [0.2, 0.25) is 0 Å². The second kappa shape index (κ2) is 6.76. The van der Waals surface area contributed by atoms with Crippen LogP contribution in [0.3, 0.4) is 0 Å². The quantitative estimate of drug-likeness (QED) is 0.462. The molecule has 4 rings (SSSR count). The predicted octanol–water partition coefficient (Wildman–Crippen LogP) is 5.93. The average molecular weight is 402 g/mol. The third-order valence-electron chi connectivity index (χ3n) is 4.01. The number of nitrogens with one attached hydrogen (secondary N) is 1. The van der Waals surface area contributed by atoms with E-state index in [4.69, 9.17) is 23.2 Å². The largest absolute Gasteiger partial charge is 0.320 e. The third-order valence-corrected chi connectivity index (χ3v) is 5.72. The molecule has 0 aliphatic carbocycles. The van der Waals surface area contributed by atoms with Gasteiger partial charge in [0.15, 0.2) is 4.96 Å². The smallest absolute Gasteiger partial charge is 0.267 e. The van der Waals surface area contributed by atoms with E-state index in [1.807, 2.05) is 47.9 Å². The number of hydrogen-bond donors (Lipinski definition) is 1. The fourth-order valence-electron chi connectivity index (χ4n) is 2.68. The summed E-state index contributed by atoms with van der Waals surface area (Å²) in [7, 11) is 0. The number of hydrogen-bond acceptors (Lipinski definition) is 3. The number of benzene rings is 2. The molecule has 0 atom stereocenters. The van der Waals surface area contributed by atoms with Crippen molar-refractivity contribution in [1.82, 2.24) is 9.38 Å². The lowest BCUT2D eigenvalue weighted by atomic mass is 10.2. The Labute approximate surface area is 164 Å². The Bertz CT molecular complexity index is 1120. The maximum atomic E-state index is 12.7. The Morgan fingerprint density at radius 2 is 1.92 bits per heavy atom. The number of halogens is 2. The fourth-order valence-corrected chi connectivity index (χ4v) is 4.14. The molecule has 0 aliphatic rings. The third kappa shape index (κ3) is 3.09. The number of nitrogens with zero attached hydrogens (tertiary/aromatic N) is 2. The van der Waals surface area contributed by atoms with Crippen molar-refractivity contribution >= 4 is 51.1 Å². The number of aromatic nitrogens is 2. The molecule has 0 radical (unpaired) electrons. The van der Waals surface area contributed by atoms with Gasteiger partial charge in [-0.1, -0.05) is 64.9 Å². The van der Waals surface area contributed by atoms with Crippen LogP contribution in [0.15, 0.2) is 54.7 Å². The van der Waals surface area contributed by atoms with Crippen LogP contribution in [0.4, 0.5) is 5.69 Å². The van der Waals surface area contributed by atoms with E-state index in [1.165, 1.54) is 11.3 Å². The second-order valence-electron chi connectivity index (χ2n) is 5.74. The summed E-state index contributed by atoms with van der Waals surface area (Å²) in [5.41, 5.74) is 3.29. The Hall–Kier alpha value is -2.34. The van der Waals surface area contributed by atoms with Crippen LogP contribution in [-0.2, 0) is 0 Å². The summed E-state index contributed by atoms with van der Waals surface area (Å²) in [6.07, 6.45) is 1.95. The molecule has 0 saturated carbocycles. The molecule has 0 bridgehead atoms. The van der Waals surface area contributed by atoms with Crippen molar-refractivity contribution in [2.45, 2.75) is 6.92 Å². The SMILES string of the molecule is Cc1c(C(=O)Nc2ccc(Cl)cc2Cl)sc2nc(-c3ccccc3)cn12. The molecule has 0 unspecified atom stereocenters. The van der Waals surface area contributed by atoms with E-state index in [1.54, 1.807) is 18.2 Å². The normalized spacial score (nSPS) is 11.0. The molecule has 0 aliphatic heterocycles. The van der Waals surface area contributed by atoms with E-state index in [0.717, 1.165) is 21.9 Å². The van der Waals surface area contributed by atoms with Crippen molar-refractivity contribution < 1.29 is 4.79 Å². The van der Waals surface area contributed by atoms with Gasteiger partial charge >= 0.3 is 0 Å². The van der Waals surface area contributed by atoms with E-state index in [2.05, 4.69) is 10.3 Å². The van der Waals surface area contributed by atoms with Gasteiger partial charge in [0.25, 0.3) is 5.91 Å². The Morgan fingerprint density at radius 1 is 1.15 bits per heavy atom. The first-order chi connectivity index (χ1) is 12.5. The first kappa shape index (κ1) is 17.1. The van der Waals surface area contributed by atoms with Gasteiger partial charge in [0, 0.05) is 22.5 Å². The lowest BCUT2D eigenvalue weighted by molar-refractivity contribution is 0.102. The monoisotopic (exact) mass is 401 g/mol. The number of fused-ring (bicyclic) bond motifs is 1. The van der Waals surface area contributed by atoms with E-state index in [9.17, 15) is 4.79 Å². The van der Waals surface area contributed by atoms with E-state index < -0.39 is 0 Å². The average Bonchev–Trinajstić information content (AvgIpc) is 3.18. The molecule has 2 aromatic carbocycles. The number of carbonyl (C=O) groups is 1. The van der Waals surface area contributed by atoms with Gasteiger partial charge in [-0.3, -0.25) is 9.20 Å². The molecule has 26 heavy (non-hydrogen) atoms. The van der Waals surface area contributed by atoms with Crippen LogP contribution >= 0.6 is 34.5 Å². The molecular formula is C19H13Cl2N3OS. The van der Waals surface area contributed by atoms with Crippen molar-refractivity contribution in [3.63, 3.8) is 0 Å². The van der Waals surface area contributed by atoms with Gasteiger partial charge in [-0.25, -0.2) is 4.98 Å². The fraction of sp³-hybridized carbons (Fsp3) is 0.0526. The summed E-state index contributed by atoms with van der Waals surface area (Å²) in [5, 5.41) is 3.75. The van der Waals surface area contributed by atoms with Crippen LogP contribution < -0.4 is 5.32 Å². The molecule has 0 fully saturated rings. The number of anilines is 1. The van der Waals surface area contributed by atoms with Gasteiger partial charge in [-0.2, -0.15) is 0 Å². The van der Waals surface area contributed by atoms with Gasteiger partial charge in [-0.05, 0) is 25.1 Å². The molecule has 1 N–H and O–H groups in total. The van der Waals surface area contributed by atoms with Gasteiger partial charge in [0.1, 0.15) is 4.88 Å². The molecule has 0 spiro atoms. The number of thiazole rings is 1. The first-order valence-corrected chi connectivity index (χ1v) is 9.40. The lowest BCUT2D eigenvalue weighted by Crippen LogP contribution is -2.12. The minimum atomic E-state index is -0.219. The van der Waals surface area contributed by atoms with Crippen LogP contribution in [0.25, 0.3) is 16.2 Å². The van der Waals surface area contributed by atoms with Crippen LogP contribution in [0.2, 0.25) is 10.0 Å². The van der Waals surface area contributed by atoms with E-state index >= 15 is 0 Å². The summed E-state index contributed by atoms with van der Waals surface area (Å²) in [6.45, 7) is 1.90. The number of imidazole rings is 1. The highest BCUT2D eigenvalue weighted by atomic mass is 35.5. The number of aryl methyl sites for hydroxylation is 1. The Morgan fingerprint density at radius 3 is 2.62 bits per heavy atom. The zero-order valence-electron chi connectivity index (χ0n) is 13.7. The van der Waals surface area contributed by atoms with Crippen molar-refractivity contribution in [2.75, 3.05) is 5.32 Å². The maximum Gasteiger partial charge on any atom is 0.267 e. The number of carbonyl (C=O) groups excluding carboxylic acids is 1. The van der Waals surface area contributed by atoms with Crippen molar-refractivity contribution in [3.8, 4) is 11.3 Å². The van der Waals surface area contributed by atoms with Crippen LogP contribution in [0, 0.1) is 6.92 Å². The van der Waals surface area contributed by atoms with Crippen LogP contribution in [0.1, 0.15) is 15.4 Å². The minimum Gasteiger partial charge on any atom is -0.320 e. The summed E-state index contributed by atoms with van der Waals surface area (Å²) in [4.78, 5) is 18.7. The number of rotatable bonds is 3. The molecule has 4 aromatic rings. The highest BCUT2D eigenvalue weighted by Crippen LogP contribution is 2.30. The summed E-state index contributed by atoms with van der Waals surface area (Å²) < 4.78 is 1.94. The van der Waals surface area contributed by atoms with Gasteiger partial charge in [0.05, 0.1) is 16.4 Å². The molecule has 1 amide bonds. The lowest BCUT2D eigenvalue weighted by Gasteiger charge is -2.06. The molecule has 4 nitrogen and oxygen atoms in total. The summed E-state index contributed by atoms with van der Waals surface area (Å²) in [5.74, 6) is -0.219. The Kier molecular flexibility index (Phi) is 4.44. The molecule has 7 heteroatoms. The van der Waals surface area contributed by atoms with Crippen LogP contribution in [-0.4, -0.2) is 15.3 Å². The van der Waals surface area contributed by atoms with Crippen molar-refractivity contribution in [2.24, 2.45) is 0 Å². The van der Waals surface area contributed by atoms with Gasteiger partial charge in [-0.15, -0.1) is 0 Å². The van der Waals surface area contributed by atoms with Crippen LogP contribution in [0.5, 0.6) is 0 Å². The minimum absolute atomic E-state index is 0.219. The molecule has 2 aromatic heterocycles. The molecule has 130 valence electrons. The van der Waals surface area contributed by atoms with E-state index in [0.29, 0.717) is 20.6 Å². The van der Waals surface area contributed by atoms with Crippen molar-refractivity contribution in [3.05, 3.63) is 75.3 Å². The Balaban J connectivity index is 1.65. The molecular weight excluding hydrogens is 389 g/mol. The predicted molar refractivity (Wildman–Crippen MR) is 108 cm³/mol. The number of amides is 1. The zero-order chi connectivity index (χ0) is 18.3. The standard InChI is InChI=1S/C19H13Cl2N3OS/c1-11-17(18(25)22-15-8-7-13(20)9-14(15)21)26-19-23-16(10-24(11)19)12-5-3-2-4-6-12/h2-10H,1H3,(H,22,25). The topological polar surface area (TPSA) is 46.4 Å². The molecule has 2 heterocycles. The maximum absolute atomic E-state index is 12.7. The molecule has 0 saturated heterocycles. The second-order valence-corrected chi connectivity index (χ2v) is 7.56. The zero-order valence-corrected chi connectivity index (χ0v) is 16.0. The first-order valence-electron chi connectivity index (χ1n) is 7.83. The van der Waals surface area contributed by atoms with Crippen molar-refractivity contribution in [1.29, 1.82) is 0 Å². The summed E-state index contributed by atoms with van der Waals surface area (Å²) in [6, 6.07) is 14.9. The highest BCUT2D eigenvalue weighted by Gasteiger charge is 2.19.